The molecule has 4 heteroatoms. The van der Waals surface area contributed by atoms with Crippen LogP contribution in [0.2, 0.25) is 0 Å². The fourth-order valence-corrected chi connectivity index (χ4v) is 2.31. The van der Waals surface area contributed by atoms with E-state index >= 15 is 0 Å². The van der Waals surface area contributed by atoms with E-state index in [0.29, 0.717) is 11.5 Å². The molecule has 1 unspecified atom stereocenters. The maximum atomic E-state index is 9.04. The van der Waals surface area contributed by atoms with Crippen LogP contribution in [-0.4, -0.2) is 14.1 Å². The number of nitrogens with zero attached hydrogens (tertiary/aromatic N) is 3. The van der Waals surface area contributed by atoms with E-state index in [2.05, 4.69) is 0 Å². The van der Waals surface area contributed by atoms with Gasteiger partial charge in [0, 0.05) is 25.7 Å². The molecule has 0 fully saturated rings. The van der Waals surface area contributed by atoms with Gasteiger partial charge >= 0.3 is 0 Å². The summed E-state index contributed by atoms with van der Waals surface area (Å²) in [7, 11) is 4.00. The smallest absolute Gasteiger partial charge is 0.143 e. The summed E-state index contributed by atoms with van der Waals surface area (Å²) < 4.78 is 5.65. The number of allylic oxidation sites excluding steroid dienone is 4. The Morgan fingerprint density at radius 1 is 1.09 bits per heavy atom. The largest absolute Gasteiger partial charge is 0.463 e. The molecule has 4 nitrogen and oxygen atoms in total. The minimum absolute atomic E-state index is 0.241. The lowest BCUT2D eigenvalue weighted by atomic mass is 9.92. The lowest BCUT2D eigenvalue weighted by molar-refractivity contribution is 0.302. The first-order valence-corrected chi connectivity index (χ1v) is 7.36. The van der Waals surface area contributed by atoms with Crippen LogP contribution in [0.4, 0.5) is 5.69 Å². The second-order valence-corrected chi connectivity index (χ2v) is 5.58. The molecule has 0 saturated carbocycles. The van der Waals surface area contributed by atoms with Crippen LogP contribution >= 0.6 is 0 Å². The molecule has 23 heavy (non-hydrogen) atoms. The molecule has 0 bridgehead atoms. The van der Waals surface area contributed by atoms with E-state index in [1.165, 1.54) is 0 Å². The average Bonchev–Trinajstić information content (AvgIpc) is 2.54. The molecule has 0 spiro atoms. The Hall–Kier alpha value is -2.98. The molecule has 1 aliphatic rings. The molecule has 1 aromatic rings. The topological polar surface area (TPSA) is 60.0 Å². The standard InChI is InChI=1S/C19H19N3O/c1-14-10-16(17(12-20)13-21)11-19(23-14)9-6-15-4-7-18(8-5-15)22(2)3/h4-11,16-17H,1-3H3/b9-6+. The van der Waals surface area contributed by atoms with E-state index in [1.807, 2.05) is 80.6 Å². The normalized spacial score (nSPS) is 17.0. The number of anilines is 1. The van der Waals surface area contributed by atoms with Crippen molar-refractivity contribution in [2.75, 3.05) is 19.0 Å². The molecule has 1 heterocycles. The zero-order valence-corrected chi connectivity index (χ0v) is 13.5. The van der Waals surface area contributed by atoms with E-state index in [1.54, 1.807) is 6.08 Å². The average molecular weight is 305 g/mol. The van der Waals surface area contributed by atoms with Crippen molar-refractivity contribution in [3.05, 3.63) is 59.6 Å². The van der Waals surface area contributed by atoms with Gasteiger partial charge in [0.15, 0.2) is 0 Å². The van der Waals surface area contributed by atoms with Gasteiger partial charge in [-0.1, -0.05) is 18.2 Å². The third-order valence-electron chi connectivity index (χ3n) is 3.58. The molecule has 1 aromatic carbocycles. The summed E-state index contributed by atoms with van der Waals surface area (Å²) in [5.74, 6) is 0.420. The highest BCUT2D eigenvalue weighted by atomic mass is 16.5. The first-order chi connectivity index (χ1) is 11.0. The van der Waals surface area contributed by atoms with E-state index < -0.39 is 5.92 Å². The van der Waals surface area contributed by atoms with E-state index in [0.717, 1.165) is 11.3 Å². The maximum Gasteiger partial charge on any atom is 0.143 e. The van der Waals surface area contributed by atoms with Crippen LogP contribution in [0.3, 0.4) is 0 Å². The number of ether oxygens (including phenoxy) is 1. The van der Waals surface area contributed by atoms with Crippen molar-refractivity contribution in [2.24, 2.45) is 11.8 Å². The summed E-state index contributed by atoms with van der Waals surface area (Å²) in [4.78, 5) is 2.04. The van der Waals surface area contributed by atoms with Crippen molar-refractivity contribution >= 4 is 11.8 Å². The second-order valence-electron chi connectivity index (χ2n) is 5.58. The molecule has 116 valence electrons. The Kier molecular flexibility index (Phi) is 5.23. The quantitative estimate of drug-likeness (QED) is 0.847. The molecule has 1 atom stereocenters. The van der Waals surface area contributed by atoms with Crippen LogP contribution in [0.5, 0.6) is 0 Å². The van der Waals surface area contributed by atoms with Crippen LogP contribution in [0.1, 0.15) is 12.5 Å². The Morgan fingerprint density at radius 2 is 1.74 bits per heavy atom. The minimum Gasteiger partial charge on any atom is -0.463 e. The van der Waals surface area contributed by atoms with Crippen molar-refractivity contribution in [1.29, 1.82) is 10.5 Å². The molecule has 0 aliphatic carbocycles. The van der Waals surface area contributed by atoms with Gasteiger partial charge in [0.2, 0.25) is 0 Å². The monoisotopic (exact) mass is 305 g/mol. The maximum absolute atomic E-state index is 9.04. The molecule has 2 rings (SSSR count). The van der Waals surface area contributed by atoms with Gasteiger partial charge in [-0.3, -0.25) is 0 Å². The first kappa shape index (κ1) is 16.4. The summed E-state index contributed by atoms with van der Waals surface area (Å²) >= 11 is 0. The summed E-state index contributed by atoms with van der Waals surface area (Å²) in [5, 5.41) is 18.1. The van der Waals surface area contributed by atoms with Gasteiger partial charge in [-0.2, -0.15) is 10.5 Å². The fourth-order valence-electron chi connectivity index (χ4n) is 2.31. The second kappa shape index (κ2) is 7.33. The SMILES string of the molecule is CC1=CC(C(C#N)C#N)C=C(/C=C/c2ccc(N(C)C)cc2)O1. The number of rotatable bonds is 4. The van der Waals surface area contributed by atoms with Crippen LogP contribution in [0.15, 0.2) is 54.0 Å². The number of hydrogen-bond acceptors (Lipinski definition) is 4. The van der Waals surface area contributed by atoms with Gasteiger partial charge in [-0.05, 0) is 42.8 Å². The Balaban J connectivity index is 2.15. The zero-order valence-electron chi connectivity index (χ0n) is 13.5. The molecule has 0 aromatic heterocycles. The fraction of sp³-hybridized carbons (Fsp3) is 0.263. The molecular weight excluding hydrogens is 286 g/mol. The van der Waals surface area contributed by atoms with Crippen molar-refractivity contribution in [3.63, 3.8) is 0 Å². The Bertz CT molecular complexity index is 713. The zero-order chi connectivity index (χ0) is 16.8. The molecular formula is C19H19N3O. The van der Waals surface area contributed by atoms with Crippen LogP contribution < -0.4 is 4.90 Å². The molecule has 0 amide bonds. The van der Waals surface area contributed by atoms with Gasteiger partial charge < -0.3 is 9.64 Å². The van der Waals surface area contributed by atoms with Crippen LogP contribution in [-0.2, 0) is 4.74 Å². The van der Waals surface area contributed by atoms with Crippen molar-refractivity contribution in [3.8, 4) is 12.1 Å². The number of benzene rings is 1. The van der Waals surface area contributed by atoms with Gasteiger partial charge in [-0.15, -0.1) is 0 Å². The highest BCUT2D eigenvalue weighted by Crippen LogP contribution is 2.26. The molecule has 1 aliphatic heterocycles. The van der Waals surface area contributed by atoms with Gasteiger partial charge in [0.25, 0.3) is 0 Å². The van der Waals surface area contributed by atoms with Crippen LogP contribution in [0.25, 0.3) is 6.08 Å². The molecule has 0 N–H and O–H groups in total. The highest BCUT2D eigenvalue weighted by Gasteiger charge is 2.21. The number of nitriles is 2. The van der Waals surface area contributed by atoms with Gasteiger partial charge in [0.1, 0.15) is 11.7 Å². The van der Waals surface area contributed by atoms with E-state index in [4.69, 9.17) is 15.3 Å². The summed E-state index contributed by atoms with van der Waals surface area (Å²) in [6.45, 7) is 1.82. The summed E-state index contributed by atoms with van der Waals surface area (Å²) in [5.41, 5.74) is 2.20. The van der Waals surface area contributed by atoms with Crippen LogP contribution in [0, 0.1) is 34.5 Å². The van der Waals surface area contributed by atoms with Crippen molar-refractivity contribution < 1.29 is 4.74 Å². The molecule has 0 saturated heterocycles. The summed E-state index contributed by atoms with van der Waals surface area (Å²) in [6.07, 6.45) is 7.43. The third kappa shape index (κ3) is 4.25. The van der Waals surface area contributed by atoms with Gasteiger partial charge in [-0.25, -0.2) is 0 Å². The number of hydrogen-bond donors (Lipinski definition) is 0. The van der Waals surface area contributed by atoms with Crippen molar-refractivity contribution in [2.45, 2.75) is 6.92 Å². The summed E-state index contributed by atoms with van der Waals surface area (Å²) in [6, 6.07) is 12.2. The lowest BCUT2D eigenvalue weighted by Crippen LogP contribution is -2.11. The predicted molar refractivity (Wildman–Crippen MR) is 90.9 cm³/mol. The predicted octanol–water partition coefficient (Wildman–Crippen LogP) is 3.86. The third-order valence-corrected chi connectivity index (χ3v) is 3.58. The lowest BCUT2D eigenvalue weighted by Gasteiger charge is -2.18. The van der Waals surface area contributed by atoms with E-state index in [-0.39, 0.29) is 5.92 Å². The minimum atomic E-state index is -0.698. The Labute approximate surface area is 137 Å². The Morgan fingerprint density at radius 3 is 2.30 bits per heavy atom. The highest BCUT2D eigenvalue weighted by molar-refractivity contribution is 5.57. The van der Waals surface area contributed by atoms with E-state index in [9.17, 15) is 0 Å². The van der Waals surface area contributed by atoms with Crippen molar-refractivity contribution in [1.82, 2.24) is 0 Å². The molecule has 0 radical (unpaired) electrons. The van der Waals surface area contributed by atoms with Gasteiger partial charge in [0.05, 0.1) is 17.9 Å². The first-order valence-electron chi connectivity index (χ1n) is 7.36.